The summed E-state index contributed by atoms with van der Waals surface area (Å²) in [6.45, 7) is 9.01. The minimum atomic E-state index is -0.693. The number of carbonyl (C=O) groups excluding carboxylic acids is 2. The third kappa shape index (κ3) is 3.57. The van der Waals surface area contributed by atoms with Gasteiger partial charge in [0.1, 0.15) is 13.2 Å². The summed E-state index contributed by atoms with van der Waals surface area (Å²) in [5, 5.41) is 0. The Morgan fingerprint density at radius 1 is 1.04 bits per heavy atom. The number of hydrogen-bond acceptors (Lipinski definition) is 5. The van der Waals surface area contributed by atoms with Gasteiger partial charge in [0.15, 0.2) is 11.5 Å². The molecule has 0 aromatic heterocycles. The largest absolute Gasteiger partial charge is 0.486 e. The lowest BCUT2D eigenvalue weighted by molar-refractivity contribution is -0.137. The number of carbonyl (C=O) groups is 2. The average Bonchev–Trinajstić information content (AvgIpc) is 2.67. The van der Waals surface area contributed by atoms with Crippen molar-refractivity contribution in [2.45, 2.75) is 26.2 Å². The summed E-state index contributed by atoms with van der Waals surface area (Å²) in [6, 6.07) is 5.67. The topological polar surface area (TPSA) is 68.3 Å². The molecular weight excluding hydrogens is 336 g/mol. The number of fused-ring (bicyclic) bond motifs is 1. The van der Waals surface area contributed by atoms with Crippen LogP contribution in [0.4, 0.5) is 4.79 Å². The second-order valence-corrected chi connectivity index (χ2v) is 6.96. The Labute approximate surface area is 153 Å². The van der Waals surface area contributed by atoms with Crippen molar-refractivity contribution >= 4 is 12.0 Å². The van der Waals surface area contributed by atoms with Gasteiger partial charge in [-0.1, -0.05) is 6.07 Å². The van der Waals surface area contributed by atoms with Crippen LogP contribution in [0, 0.1) is 0 Å². The van der Waals surface area contributed by atoms with Crippen molar-refractivity contribution in [3.8, 4) is 11.5 Å². The lowest BCUT2D eigenvalue weighted by Gasteiger charge is -2.38. The van der Waals surface area contributed by atoms with Gasteiger partial charge in [-0.05, 0) is 38.5 Å². The van der Waals surface area contributed by atoms with Crippen molar-refractivity contribution in [1.29, 1.82) is 0 Å². The molecule has 0 saturated carbocycles. The van der Waals surface area contributed by atoms with Crippen molar-refractivity contribution in [3.05, 3.63) is 23.8 Å². The van der Waals surface area contributed by atoms with Crippen molar-refractivity contribution in [2.24, 2.45) is 0 Å². The van der Waals surface area contributed by atoms with E-state index >= 15 is 0 Å². The Morgan fingerprint density at radius 3 is 2.31 bits per heavy atom. The zero-order chi connectivity index (χ0) is 18.7. The molecule has 0 N–H and O–H groups in total. The first kappa shape index (κ1) is 18.4. The maximum absolute atomic E-state index is 13.1. The number of amides is 2. The first-order valence-electron chi connectivity index (χ1n) is 9.04. The molecular formula is C19H26N2O5. The summed E-state index contributed by atoms with van der Waals surface area (Å²) in [7, 11) is 0. The summed E-state index contributed by atoms with van der Waals surface area (Å²) in [5.74, 6) is 1.44. The summed E-state index contributed by atoms with van der Waals surface area (Å²) >= 11 is 0. The van der Waals surface area contributed by atoms with E-state index in [9.17, 15) is 9.59 Å². The molecule has 1 aromatic carbocycles. The highest BCUT2D eigenvalue weighted by Gasteiger charge is 2.36. The fourth-order valence-corrected chi connectivity index (χ4v) is 3.26. The number of piperazine rings is 1. The van der Waals surface area contributed by atoms with Gasteiger partial charge >= 0.3 is 6.09 Å². The molecule has 2 aliphatic rings. The standard InChI is InChI=1S/C19H26N2O5/c1-4-24-18(23)21-9-7-20(8-10-21)17(22)19(2,3)14-5-6-15-16(13-14)26-12-11-25-15/h5-6,13H,4,7-12H2,1-3H3. The van der Waals surface area contributed by atoms with Gasteiger partial charge in [0.05, 0.1) is 12.0 Å². The van der Waals surface area contributed by atoms with E-state index in [0.29, 0.717) is 57.5 Å². The van der Waals surface area contributed by atoms with Crippen molar-refractivity contribution in [3.63, 3.8) is 0 Å². The van der Waals surface area contributed by atoms with Crippen molar-refractivity contribution in [1.82, 2.24) is 9.80 Å². The smallest absolute Gasteiger partial charge is 0.409 e. The first-order valence-corrected chi connectivity index (χ1v) is 9.04. The average molecular weight is 362 g/mol. The third-order valence-corrected chi connectivity index (χ3v) is 4.89. The van der Waals surface area contributed by atoms with Crippen molar-refractivity contribution < 1.29 is 23.8 Å². The summed E-state index contributed by atoms with van der Waals surface area (Å²) < 4.78 is 16.2. The third-order valence-electron chi connectivity index (χ3n) is 4.89. The van der Waals surface area contributed by atoms with Gasteiger partial charge in [0, 0.05) is 26.2 Å². The van der Waals surface area contributed by atoms with Gasteiger partial charge in [0.25, 0.3) is 0 Å². The normalized spacial score (nSPS) is 17.0. The Hall–Kier alpha value is -2.44. The van der Waals surface area contributed by atoms with Crippen LogP contribution in [-0.4, -0.2) is 67.8 Å². The predicted molar refractivity (Wildman–Crippen MR) is 95.6 cm³/mol. The second-order valence-electron chi connectivity index (χ2n) is 6.96. The Morgan fingerprint density at radius 2 is 1.65 bits per heavy atom. The molecule has 0 aliphatic carbocycles. The maximum atomic E-state index is 13.1. The molecule has 7 heteroatoms. The molecule has 7 nitrogen and oxygen atoms in total. The molecule has 0 radical (unpaired) electrons. The van der Waals surface area contributed by atoms with Crippen LogP contribution in [0.25, 0.3) is 0 Å². The molecule has 0 atom stereocenters. The van der Waals surface area contributed by atoms with E-state index < -0.39 is 5.41 Å². The molecule has 1 fully saturated rings. The van der Waals surface area contributed by atoms with Crippen molar-refractivity contribution in [2.75, 3.05) is 46.0 Å². The number of nitrogens with zero attached hydrogens (tertiary/aromatic N) is 2. The highest BCUT2D eigenvalue weighted by Crippen LogP contribution is 2.36. The molecule has 2 aliphatic heterocycles. The minimum absolute atomic E-state index is 0.0395. The number of rotatable bonds is 3. The van der Waals surface area contributed by atoms with Gasteiger partial charge in [-0.15, -0.1) is 0 Å². The molecule has 26 heavy (non-hydrogen) atoms. The van der Waals surface area contributed by atoms with Crippen LogP contribution in [-0.2, 0) is 14.9 Å². The van der Waals surface area contributed by atoms with Crippen LogP contribution in [0.2, 0.25) is 0 Å². The summed E-state index contributed by atoms with van der Waals surface area (Å²) in [6.07, 6.45) is -0.314. The lowest BCUT2D eigenvalue weighted by atomic mass is 9.82. The van der Waals surface area contributed by atoms with Crippen LogP contribution in [0.5, 0.6) is 11.5 Å². The molecule has 0 bridgehead atoms. The number of hydrogen-bond donors (Lipinski definition) is 0. The highest BCUT2D eigenvalue weighted by molar-refractivity contribution is 5.88. The maximum Gasteiger partial charge on any atom is 0.409 e. The van der Waals surface area contributed by atoms with E-state index in [-0.39, 0.29) is 12.0 Å². The predicted octanol–water partition coefficient (Wildman–Crippen LogP) is 2.04. The molecule has 2 amide bonds. The summed E-state index contributed by atoms with van der Waals surface area (Å²) in [4.78, 5) is 28.4. The molecule has 1 aromatic rings. The number of ether oxygens (including phenoxy) is 3. The summed E-state index contributed by atoms with van der Waals surface area (Å²) in [5.41, 5.74) is 0.196. The van der Waals surface area contributed by atoms with E-state index in [4.69, 9.17) is 14.2 Å². The highest BCUT2D eigenvalue weighted by atomic mass is 16.6. The van der Waals surface area contributed by atoms with Crippen LogP contribution < -0.4 is 9.47 Å². The Kier molecular flexibility index (Phi) is 5.25. The molecule has 142 valence electrons. The SMILES string of the molecule is CCOC(=O)N1CCN(C(=O)C(C)(C)c2ccc3c(c2)OCCO3)CC1. The molecule has 1 saturated heterocycles. The van der Waals surface area contributed by atoms with E-state index in [0.717, 1.165) is 5.56 Å². The Bertz CT molecular complexity index is 681. The Balaban J connectivity index is 1.68. The minimum Gasteiger partial charge on any atom is -0.486 e. The zero-order valence-electron chi connectivity index (χ0n) is 15.6. The van der Waals surface area contributed by atoms with Gasteiger partial charge in [0.2, 0.25) is 5.91 Å². The van der Waals surface area contributed by atoms with E-state index in [1.54, 1.807) is 11.8 Å². The lowest BCUT2D eigenvalue weighted by Crippen LogP contribution is -2.54. The van der Waals surface area contributed by atoms with Gasteiger partial charge in [-0.3, -0.25) is 4.79 Å². The fraction of sp³-hybridized carbons (Fsp3) is 0.579. The molecule has 0 spiro atoms. The monoisotopic (exact) mass is 362 g/mol. The zero-order valence-corrected chi connectivity index (χ0v) is 15.6. The second kappa shape index (κ2) is 7.43. The molecule has 2 heterocycles. The van der Waals surface area contributed by atoms with Gasteiger partial charge < -0.3 is 24.0 Å². The van der Waals surface area contributed by atoms with Crippen LogP contribution in [0.3, 0.4) is 0 Å². The van der Waals surface area contributed by atoms with E-state index in [1.165, 1.54) is 0 Å². The quantitative estimate of drug-likeness (QED) is 0.823. The fourth-order valence-electron chi connectivity index (χ4n) is 3.26. The molecule has 0 unspecified atom stereocenters. The van der Waals surface area contributed by atoms with Crippen LogP contribution >= 0.6 is 0 Å². The van der Waals surface area contributed by atoms with E-state index in [2.05, 4.69) is 0 Å². The van der Waals surface area contributed by atoms with Crippen LogP contribution in [0.1, 0.15) is 26.3 Å². The number of benzene rings is 1. The van der Waals surface area contributed by atoms with Gasteiger partial charge in [-0.2, -0.15) is 0 Å². The molecule has 3 rings (SSSR count). The van der Waals surface area contributed by atoms with E-state index in [1.807, 2.05) is 36.9 Å². The van der Waals surface area contributed by atoms with Crippen LogP contribution in [0.15, 0.2) is 18.2 Å². The van der Waals surface area contributed by atoms with Gasteiger partial charge in [-0.25, -0.2) is 4.79 Å². The first-order chi connectivity index (χ1) is 12.4.